The molecular weight excluding hydrogens is 396 g/mol. The molecular formula is C24H29ClN4O. The lowest BCUT2D eigenvalue weighted by Crippen LogP contribution is -2.21. The molecule has 3 rings (SSSR count). The minimum atomic E-state index is 0. The van der Waals surface area contributed by atoms with Gasteiger partial charge >= 0.3 is 0 Å². The summed E-state index contributed by atoms with van der Waals surface area (Å²) < 4.78 is 6.07. The van der Waals surface area contributed by atoms with Crippen molar-refractivity contribution < 1.29 is 4.74 Å². The number of anilines is 1. The summed E-state index contributed by atoms with van der Waals surface area (Å²) in [5.41, 5.74) is 5.38. The standard InChI is InChI=1S/C24H28N4O.ClH/c1-6-28(7-2)20-10-9-18(23(14-20)29-16(3)4)13-19(15-25)24-26-21-11-8-17(5)12-22(21)27-24;/h8-14,16H,6-7H2,1-5H3,(H,26,27);1H. The lowest BCUT2D eigenvalue weighted by atomic mass is 10.1. The Morgan fingerprint density at radius 2 is 1.93 bits per heavy atom. The van der Waals surface area contributed by atoms with Crippen LogP contribution in [0.4, 0.5) is 5.69 Å². The molecule has 2 aromatic carbocycles. The third-order valence-electron chi connectivity index (χ3n) is 4.80. The van der Waals surface area contributed by atoms with Crippen LogP contribution in [-0.2, 0) is 0 Å². The van der Waals surface area contributed by atoms with Crippen LogP contribution in [0.2, 0.25) is 0 Å². The number of aryl methyl sites for hydroxylation is 1. The van der Waals surface area contributed by atoms with Crippen molar-refractivity contribution in [1.82, 2.24) is 9.97 Å². The van der Waals surface area contributed by atoms with Gasteiger partial charge in [-0.15, -0.1) is 12.4 Å². The van der Waals surface area contributed by atoms with Crippen molar-refractivity contribution in [1.29, 1.82) is 5.26 Å². The molecule has 0 saturated carbocycles. The molecule has 0 spiro atoms. The summed E-state index contributed by atoms with van der Waals surface area (Å²) in [4.78, 5) is 10.1. The SMILES string of the molecule is CCN(CC)c1ccc(C=C(C#N)c2nc3ccc(C)cc3[nH]2)c(OC(C)C)c1.Cl. The van der Waals surface area contributed by atoms with Crippen LogP contribution >= 0.6 is 12.4 Å². The van der Waals surface area contributed by atoms with E-state index in [1.54, 1.807) is 0 Å². The Labute approximate surface area is 184 Å². The number of allylic oxidation sites excluding steroid dienone is 1. The van der Waals surface area contributed by atoms with Crippen molar-refractivity contribution in [2.45, 2.75) is 40.7 Å². The van der Waals surface area contributed by atoms with Gasteiger partial charge in [0.25, 0.3) is 0 Å². The van der Waals surface area contributed by atoms with Gasteiger partial charge in [-0.25, -0.2) is 4.98 Å². The number of H-pyrrole nitrogens is 1. The van der Waals surface area contributed by atoms with E-state index in [9.17, 15) is 5.26 Å². The molecule has 158 valence electrons. The van der Waals surface area contributed by atoms with Gasteiger partial charge in [0.1, 0.15) is 17.6 Å². The third-order valence-corrected chi connectivity index (χ3v) is 4.80. The highest BCUT2D eigenvalue weighted by Gasteiger charge is 2.13. The minimum Gasteiger partial charge on any atom is -0.490 e. The Bertz CT molecular complexity index is 1070. The van der Waals surface area contributed by atoms with Gasteiger partial charge in [-0.3, -0.25) is 0 Å². The molecule has 5 nitrogen and oxygen atoms in total. The number of imidazole rings is 1. The van der Waals surface area contributed by atoms with Crippen LogP contribution in [0.1, 0.15) is 44.6 Å². The summed E-state index contributed by atoms with van der Waals surface area (Å²) in [6, 6.07) is 14.4. The number of fused-ring (bicyclic) bond motifs is 1. The molecule has 0 fully saturated rings. The van der Waals surface area contributed by atoms with Crippen LogP contribution in [0, 0.1) is 18.3 Å². The number of ether oxygens (including phenoxy) is 1. The molecule has 3 aromatic rings. The van der Waals surface area contributed by atoms with Gasteiger partial charge in [-0.2, -0.15) is 5.26 Å². The fourth-order valence-corrected chi connectivity index (χ4v) is 3.34. The first-order valence-electron chi connectivity index (χ1n) is 10.1. The average Bonchev–Trinajstić information content (AvgIpc) is 3.10. The zero-order valence-corrected chi connectivity index (χ0v) is 19.0. The lowest BCUT2D eigenvalue weighted by molar-refractivity contribution is 0.242. The molecule has 1 aromatic heterocycles. The fourth-order valence-electron chi connectivity index (χ4n) is 3.34. The first-order chi connectivity index (χ1) is 13.9. The topological polar surface area (TPSA) is 64.9 Å². The Balaban J connectivity index is 0.00000320. The predicted octanol–water partition coefficient (Wildman–Crippen LogP) is 5.99. The second-order valence-electron chi connectivity index (χ2n) is 7.34. The number of rotatable bonds is 7. The maximum absolute atomic E-state index is 9.78. The Morgan fingerprint density at radius 3 is 2.57 bits per heavy atom. The van der Waals surface area contributed by atoms with Crippen LogP contribution < -0.4 is 9.64 Å². The van der Waals surface area contributed by atoms with Crippen molar-refractivity contribution >= 4 is 40.8 Å². The highest BCUT2D eigenvalue weighted by Crippen LogP contribution is 2.30. The number of hydrogen-bond acceptors (Lipinski definition) is 4. The molecule has 1 heterocycles. The van der Waals surface area contributed by atoms with Crippen LogP contribution in [0.15, 0.2) is 36.4 Å². The van der Waals surface area contributed by atoms with E-state index in [-0.39, 0.29) is 18.5 Å². The van der Waals surface area contributed by atoms with Gasteiger partial charge in [0, 0.05) is 30.4 Å². The van der Waals surface area contributed by atoms with E-state index in [4.69, 9.17) is 4.74 Å². The largest absolute Gasteiger partial charge is 0.490 e. The highest BCUT2D eigenvalue weighted by molar-refractivity contribution is 5.91. The number of benzene rings is 2. The van der Waals surface area contributed by atoms with E-state index >= 15 is 0 Å². The van der Waals surface area contributed by atoms with E-state index in [0.29, 0.717) is 11.4 Å². The third kappa shape index (κ3) is 5.14. The smallest absolute Gasteiger partial charge is 0.149 e. The van der Waals surface area contributed by atoms with Gasteiger partial charge in [-0.1, -0.05) is 6.07 Å². The number of aromatic nitrogens is 2. The summed E-state index contributed by atoms with van der Waals surface area (Å²) in [6.07, 6.45) is 1.88. The van der Waals surface area contributed by atoms with Crippen LogP contribution in [-0.4, -0.2) is 29.2 Å². The Hall–Kier alpha value is -2.97. The average molecular weight is 425 g/mol. The van der Waals surface area contributed by atoms with E-state index < -0.39 is 0 Å². The molecule has 0 amide bonds. The van der Waals surface area contributed by atoms with Gasteiger partial charge in [-0.05, 0) is 70.5 Å². The van der Waals surface area contributed by atoms with Gasteiger partial charge in [0.15, 0.2) is 0 Å². The van der Waals surface area contributed by atoms with Crippen molar-refractivity contribution in [3.05, 3.63) is 53.3 Å². The molecule has 0 aliphatic heterocycles. The van der Waals surface area contributed by atoms with Gasteiger partial charge in [0.05, 0.1) is 22.7 Å². The maximum atomic E-state index is 9.78. The van der Waals surface area contributed by atoms with E-state index in [2.05, 4.69) is 46.9 Å². The monoisotopic (exact) mass is 424 g/mol. The normalized spacial score (nSPS) is 11.3. The first-order valence-corrected chi connectivity index (χ1v) is 10.1. The quantitative estimate of drug-likeness (QED) is 0.473. The minimum absolute atomic E-state index is 0. The zero-order chi connectivity index (χ0) is 21.0. The molecule has 0 unspecified atom stereocenters. The molecule has 1 N–H and O–H groups in total. The first kappa shape index (κ1) is 23.3. The van der Waals surface area contributed by atoms with Crippen LogP contribution in [0.25, 0.3) is 22.7 Å². The molecule has 0 atom stereocenters. The summed E-state index contributed by atoms with van der Waals surface area (Å²) in [6.45, 7) is 12.2. The van der Waals surface area contributed by atoms with E-state index in [0.717, 1.165) is 46.7 Å². The number of halogens is 1. The zero-order valence-electron chi connectivity index (χ0n) is 18.2. The number of nitrogens with zero attached hydrogens (tertiary/aromatic N) is 3. The summed E-state index contributed by atoms with van der Waals surface area (Å²) in [7, 11) is 0. The van der Waals surface area contributed by atoms with Crippen molar-refractivity contribution in [2.75, 3.05) is 18.0 Å². The Kier molecular flexibility index (Phi) is 7.91. The lowest BCUT2D eigenvalue weighted by Gasteiger charge is -2.23. The summed E-state index contributed by atoms with van der Waals surface area (Å²) in [5.74, 6) is 1.33. The number of nitrogens with one attached hydrogen (secondary N) is 1. The number of hydrogen-bond donors (Lipinski definition) is 1. The molecule has 0 radical (unpaired) electrons. The van der Waals surface area contributed by atoms with Crippen molar-refractivity contribution in [3.63, 3.8) is 0 Å². The van der Waals surface area contributed by atoms with Crippen LogP contribution in [0.5, 0.6) is 5.75 Å². The second kappa shape index (κ2) is 10.2. The predicted molar refractivity (Wildman–Crippen MR) is 127 cm³/mol. The van der Waals surface area contributed by atoms with Crippen LogP contribution in [0.3, 0.4) is 0 Å². The molecule has 0 aliphatic rings. The molecule has 30 heavy (non-hydrogen) atoms. The fraction of sp³-hybridized carbons (Fsp3) is 0.333. The van der Waals surface area contributed by atoms with E-state index in [1.807, 2.05) is 51.1 Å². The summed E-state index contributed by atoms with van der Waals surface area (Å²) >= 11 is 0. The Morgan fingerprint density at radius 1 is 1.20 bits per heavy atom. The summed E-state index contributed by atoms with van der Waals surface area (Å²) in [5, 5.41) is 9.78. The van der Waals surface area contributed by atoms with Crippen molar-refractivity contribution in [2.24, 2.45) is 0 Å². The molecule has 6 heteroatoms. The molecule has 0 saturated heterocycles. The molecule has 0 aliphatic carbocycles. The number of aromatic amines is 1. The molecule has 0 bridgehead atoms. The highest BCUT2D eigenvalue weighted by atomic mass is 35.5. The van der Waals surface area contributed by atoms with Crippen molar-refractivity contribution in [3.8, 4) is 11.8 Å². The van der Waals surface area contributed by atoms with Gasteiger partial charge < -0.3 is 14.6 Å². The van der Waals surface area contributed by atoms with Gasteiger partial charge in [0.2, 0.25) is 0 Å². The van der Waals surface area contributed by atoms with E-state index in [1.165, 1.54) is 0 Å². The maximum Gasteiger partial charge on any atom is 0.149 e. The number of nitriles is 1. The second-order valence-corrected chi connectivity index (χ2v) is 7.34.